The van der Waals surface area contributed by atoms with Crippen molar-refractivity contribution >= 4 is 17.7 Å². The highest BCUT2D eigenvalue weighted by molar-refractivity contribution is 7.99. The van der Waals surface area contributed by atoms with Gasteiger partial charge in [-0.2, -0.15) is 11.8 Å². The van der Waals surface area contributed by atoms with Gasteiger partial charge in [-0.3, -0.25) is 4.79 Å². The standard InChI is InChI=1S/C13H24N2O2S/c1-3-18-11-5-4-10(8-11)15(2)13(16)12-9-17-7-6-14-12/h10-12,14H,3-9H2,1-2H3. The molecule has 2 aliphatic rings. The number of hydrogen-bond donors (Lipinski definition) is 1. The van der Waals surface area contributed by atoms with E-state index in [9.17, 15) is 4.79 Å². The van der Waals surface area contributed by atoms with Crippen molar-refractivity contribution in [2.45, 2.75) is 43.5 Å². The Bertz CT molecular complexity index is 282. The number of likely N-dealkylation sites (N-methyl/N-ethyl adjacent to an activating group) is 1. The van der Waals surface area contributed by atoms with Crippen LogP contribution in [0.25, 0.3) is 0 Å². The van der Waals surface area contributed by atoms with Crippen LogP contribution in [0.5, 0.6) is 0 Å². The first kappa shape index (κ1) is 14.2. The van der Waals surface area contributed by atoms with Crippen molar-refractivity contribution < 1.29 is 9.53 Å². The molecular weight excluding hydrogens is 248 g/mol. The molecule has 0 aromatic heterocycles. The summed E-state index contributed by atoms with van der Waals surface area (Å²) < 4.78 is 5.36. The number of amides is 1. The van der Waals surface area contributed by atoms with Gasteiger partial charge in [0.1, 0.15) is 6.04 Å². The number of rotatable bonds is 4. The maximum Gasteiger partial charge on any atom is 0.242 e. The molecule has 5 heteroatoms. The molecule has 18 heavy (non-hydrogen) atoms. The van der Waals surface area contributed by atoms with Crippen molar-refractivity contribution in [1.82, 2.24) is 10.2 Å². The predicted octanol–water partition coefficient (Wildman–Crippen LogP) is 1.11. The summed E-state index contributed by atoms with van der Waals surface area (Å²) in [5.74, 6) is 1.37. The zero-order valence-electron chi connectivity index (χ0n) is 11.4. The average molecular weight is 272 g/mol. The molecule has 0 radical (unpaired) electrons. The van der Waals surface area contributed by atoms with Gasteiger partial charge in [0.05, 0.1) is 13.2 Å². The van der Waals surface area contributed by atoms with E-state index in [1.165, 1.54) is 12.2 Å². The normalized spacial score (nSPS) is 32.4. The Balaban J connectivity index is 1.83. The van der Waals surface area contributed by atoms with Crippen LogP contribution in [0.2, 0.25) is 0 Å². The summed E-state index contributed by atoms with van der Waals surface area (Å²) in [6.45, 7) is 4.22. The Morgan fingerprint density at radius 3 is 3.00 bits per heavy atom. The number of nitrogens with one attached hydrogen (secondary N) is 1. The molecule has 0 aromatic rings. The minimum Gasteiger partial charge on any atom is -0.378 e. The van der Waals surface area contributed by atoms with Gasteiger partial charge in [0.25, 0.3) is 0 Å². The highest BCUT2D eigenvalue weighted by Crippen LogP contribution is 2.32. The highest BCUT2D eigenvalue weighted by Gasteiger charge is 2.33. The largest absolute Gasteiger partial charge is 0.378 e. The van der Waals surface area contributed by atoms with Gasteiger partial charge in [-0.1, -0.05) is 6.92 Å². The van der Waals surface area contributed by atoms with Gasteiger partial charge in [-0.15, -0.1) is 0 Å². The van der Waals surface area contributed by atoms with Crippen LogP contribution in [-0.4, -0.2) is 60.7 Å². The molecule has 3 unspecified atom stereocenters. The van der Waals surface area contributed by atoms with Gasteiger partial charge in [0.15, 0.2) is 0 Å². The highest BCUT2D eigenvalue weighted by atomic mass is 32.2. The zero-order valence-corrected chi connectivity index (χ0v) is 12.2. The van der Waals surface area contributed by atoms with Crippen LogP contribution < -0.4 is 5.32 Å². The first-order valence-corrected chi connectivity index (χ1v) is 7.96. The smallest absolute Gasteiger partial charge is 0.242 e. The SMILES string of the molecule is CCSC1CCC(N(C)C(=O)C2COCCN2)C1. The van der Waals surface area contributed by atoms with E-state index in [0.29, 0.717) is 19.3 Å². The first-order valence-electron chi connectivity index (χ1n) is 6.91. The fourth-order valence-electron chi connectivity index (χ4n) is 2.81. The monoisotopic (exact) mass is 272 g/mol. The third kappa shape index (κ3) is 3.39. The average Bonchev–Trinajstić information content (AvgIpc) is 2.87. The van der Waals surface area contributed by atoms with Crippen LogP contribution in [0, 0.1) is 0 Å². The molecule has 2 rings (SSSR count). The summed E-state index contributed by atoms with van der Waals surface area (Å²) in [6, 6.07) is 0.284. The molecule has 0 spiro atoms. The molecule has 104 valence electrons. The molecule has 0 aromatic carbocycles. The van der Waals surface area contributed by atoms with Gasteiger partial charge >= 0.3 is 0 Å². The van der Waals surface area contributed by atoms with E-state index in [1.807, 2.05) is 23.7 Å². The quantitative estimate of drug-likeness (QED) is 0.832. The van der Waals surface area contributed by atoms with E-state index >= 15 is 0 Å². The summed E-state index contributed by atoms with van der Waals surface area (Å²) in [5, 5.41) is 3.98. The van der Waals surface area contributed by atoms with E-state index in [1.54, 1.807) is 0 Å². The molecule has 1 aliphatic heterocycles. The Morgan fingerprint density at radius 2 is 2.33 bits per heavy atom. The Kier molecular flexibility index (Phi) is 5.33. The summed E-state index contributed by atoms with van der Waals surface area (Å²) in [5.41, 5.74) is 0. The van der Waals surface area contributed by atoms with Crippen LogP contribution in [0.3, 0.4) is 0 Å². The van der Waals surface area contributed by atoms with Crippen LogP contribution in [0.1, 0.15) is 26.2 Å². The minimum absolute atomic E-state index is 0.137. The third-order valence-electron chi connectivity index (χ3n) is 3.87. The lowest BCUT2D eigenvalue weighted by atomic mass is 10.1. The Morgan fingerprint density at radius 1 is 1.50 bits per heavy atom. The van der Waals surface area contributed by atoms with Crippen LogP contribution in [0.15, 0.2) is 0 Å². The zero-order chi connectivity index (χ0) is 13.0. The molecule has 0 bridgehead atoms. The van der Waals surface area contributed by atoms with Crippen molar-refractivity contribution in [3.8, 4) is 0 Å². The number of morpholine rings is 1. The molecule has 4 nitrogen and oxygen atoms in total. The summed E-state index contributed by atoms with van der Waals surface area (Å²) in [6.07, 6.45) is 3.54. The third-order valence-corrected chi connectivity index (χ3v) is 5.11. The van der Waals surface area contributed by atoms with E-state index in [2.05, 4.69) is 12.2 Å². The van der Waals surface area contributed by atoms with Gasteiger partial charge in [0, 0.05) is 24.9 Å². The van der Waals surface area contributed by atoms with Crippen molar-refractivity contribution in [3.63, 3.8) is 0 Å². The number of hydrogen-bond acceptors (Lipinski definition) is 4. The molecule has 1 saturated heterocycles. The van der Waals surface area contributed by atoms with Crippen molar-refractivity contribution in [2.75, 3.05) is 32.6 Å². The lowest BCUT2D eigenvalue weighted by Crippen LogP contribution is -2.53. The predicted molar refractivity (Wildman–Crippen MR) is 74.9 cm³/mol. The van der Waals surface area contributed by atoms with Crippen molar-refractivity contribution in [3.05, 3.63) is 0 Å². The second-order valence-electron chi connectivity index (χ2n) is 5.07. The molecule has 1 heterocycles. The topological polar surface area (TPSA) is 41.6 Å². The first-order chi connectivity index (χ1) is 8.72. The Labute approximate surface area is 114 Å². The van der Waals surface area contributed by atoms with Crippen LogP contribution in [-0.2, 0) is 9.53 Å². The lowest BCUT2D eigenvalue weighted by Gasteiger charge is -2.31. The van der Waals surface area contributed by atoms with Crippen molar-refractivity contribution in [1.29, 1.82) is 0 Å². The second kappa shape index (κ2) is 6.78. The van der Waals surface area contributed by atoms with Gasteiger partial charge in [-0.05, 0) is 25.0 Å². The fourth-order valence-corrected chi connectivity index (χ4v) is 3.94. The second-order valence-corrected chi connectivity index (χ2v) is 6.65. The van der Waals surface area contributed by atoms with Crippen LogP contribution in [0.4, 0.5) is 0 Å². The molecule has 1 aliphatic carbocycles. The number of carbonyl (C=O) groups excluding carboxylic acids is 1. The Hall–Kier alpha value is -0.260. The molecule has 1 amide bonds. The number of nitrogens with zero attached hydrogens (tertiary/aromatic N) is 1. The molecule has 3 atom stereocenters. The fraction of sp³-hybridized carbons (Fsp3) is 0.923. The molecule has 1 N–H and O–H groups in total. The van der Waals surface area contributed by atoms with E-state index < -0.39 is 0 Å². The lowest BCUT2D eigenvalue weighted by molar-refractivity contribution is -0.137. The molecular formula is C13H24N2O2S. The molecule has 2 fully saturated rings. The van der Waals surface area contributed by atoms with Crippen LogP contribution >= 0.6 is 11.8 Å². The van der Waals surface area contributed by atoms with Crippen molar-refractivity contribution in [2.24, 2.45) is 0 Å². The minimum atomic E-state index is -0.137. The summed E-state index contributed by atoms with van der Waals surface area (Å²) in [7, 11) is 1.95. The summed E-state index contributed by atoms with van der Waals surface area (Å²) in [4.78, 5) is 14.3. The van der Waals surface area contributed by atoms with E-state index in [4.69, 9.17) is 4.74 Å². The summed E-state index contributed by atoms with van der Waals surface area (Å²) >= 11 is 2.03. The van der Waals surface area contributed by atoms with E-state index in [-0.39, 0.29) is 11.9 Å². The number of ether oxygens (including phenoxy) is 1. The van der Waals surface area contributed by atoms with Gasteiger partial charge < -0.3 is 15.0 Å². The number of carbonyl (C=O) groups is 1. The number of thioether (sulfide) groups is 1. The maximum atomic E-state index is 12.3. The molecule has 1 saturated carbocycles. The van der Waals surface area contributed by atoms with Gasteiger partial charge in [0.2, 0.25) is 5.91 Å². The van der Waals surface area contributed by atoms with Gasteiger partial charge in [-0.25, -0.2) is 0 Å². The van der Waals surface area contributed by atoms with E-state index in [0.717, 1.165) is 24.6 Å². The maximum absolute atomic E-state index is 12.3.